The summed E-state index contributed by atoms with van der Waals surface area (Å²) in [5.74, 6) is -0.280. The van der Waals surface area contributed by atoms with Crippen LogP contribution in [0.4, 0.5) is 4.39 Å². The van der Waals surface area contributed by atoms with E-state index >= 15 is 0 Å². The quantitative estimate of drug-likeness (QED) is 0.775. The van der Waals surface area contributed by atoms with Crippen LogP contribution in [0.5, 0.6) is 0 Å². The molecule has 2 aliphatic carbocycles. The second kappa shape index (κ2) is 7.03. The highest BCUT2D eigenvalue weighted by Crippen LogP contribution is 2.63. The lowest BCUT2D eigenvalue weighted by Crippen LogP contribution is -2.56. The largest absolute Gasteiger partial charge is 0.393 e. The van der Waals surface area contributed by atoms with Crippen molar-refractivity contribution in [3.63, 3.8) is 0 Å². The van der Waals surface area contributed by atoms with Crippen molar-refractivity contribution in [2.24, 2.45) is 28.0 Å². The first-order valence-electron chi connectivity index (χ1n) is 11.1. The van der Waals surface area contributed by atoms with Crippen LogP contribution in [0.15, 0.2) is 23.2 Å². The van der Waals surface area contributed by atoms with Gasteiger partial charge in [0, 0.05) is 5.41 Å². The molecular weight excluding hydrogens is 395 g/mol. The second-order valence-electron chi connectivity index (χ2n) is 10.3. The van der Waals surface area contributed by atoms with Gasteiger partial charge in [-0.2, -0.15) is 5.26 Å². The van der Waals surface area contributed by atoms with E-state index in [0.717, 1.165) is 12.0 Å². The van der Waals surface area contributed by atoms with Crippen molar-refractivity contribution in [2.45, 2.75) is 70.7 Å². The molecule has 2 spiro atoms. The number of nitrogens with zero attached hydrogens (tertiary/aromatic N) is 3. The van der Waals surface area contributed by atoms with Crippen molar-refractivity contribution < 1.29 is 14.3 Å². The van der Waals surface area contributed by atoms with E-state index in [2.05, 4.69) is 6.07 Å². The van der Waals surface area contributed by atoms with Crippen molar-refractivity contribution in [2.75, 3.05) is 6.54 Å². The number of hydrogen-bond donors (Lipinski definition) is 2. The number of amides is 1. The number of benzene rings is 1. The molecule has 0 aromatic heterocycles. The minimum atomic E-state index is -1.63. The third-order valence-corrected chi connectivity index (χ3v) is 7.53. The molecule has 1 fully saturated rings. The third kappa shape index (κ3) is 3.07. The molecule has 1 unspecified atom stereocenters. The topological polar surface area (TPSA) is 103 Å². The van der Waals surface area contributed by atoms with E-state index in [-0.39, 0.29) is 30.2 Å². The van der Waals surface area contributed by atoms with Crippen molar-refractivity contribution in [1.82, 2.24) is 4.90 Å². The summed E-state index contributed by atoms with van der Waals surface area (Å²) in [6.07, 6.45) is 2.21. The van der Waals surface area contributed by atoms with Gasteiger partial charge in [0.25, 0.3) is 5.91 Å². The number of aliphatic imine (C=N–C) groups is 1. The predicted molar refractivity (Wildman–Crippen MR) is 116 cm³/mol. The number of nitriles is 1. The monoisotopic (exact) mass is 426 g/mol. The maximum atomic E-state index is 14.6. The maximum Gasteiger partial charge on any atom is 0.262 e. The number of rotatable bonds is 3. The van der Waals surface area contributed by atoms with E-state index in [9.17, 15) is 19.6 Å². The summed E-state index contributed by atoms with van der Waals surface area (Å²) in [7, 11) is 0. The van der Waals surface area contributed by atoms with Crippen LogP contribution in [0, 0.1) is 28.6 Å². The molecule has 1 saturated carbocycles. The smallest absolute Gasteiger partial charge is 0.262 e. The fraction of sp³-hybridized carbons (Fsp3) is 0.625. The van der Waals surface area contributed by atoms with Gasteiger partial charge in [-0.25, -0.2) is 9.38 Å². The average Bonchev–Trinajstić information content (AvgIpc) is 3.10. The normalized spacial score (nSPS) is 34.9. The van der Waals surface area contributed by atoms with E-state index in [1.807, 2.05) is 19.9 Å². The average molecular weight is 427 g/mol. The number of guanidine groups is 1. The van der Waals surface area contributed by atoms with E-state index in [0.29, 0.717) is 30.4 Å². The van der Waals surface area contributed by atoms with Crippen molar-refractivity contribution in [3.8, 4) is 6.07 Å². The van der Waals surface area contributed by atoms with Gasteiger partial charge in [-0.1, -0.05) is 26.3 Å². The Bertz CT molecular complexity index is 994. The summed E-state index contributed by atoms with van der Waals surface area (Å²) in [6, 6.07) is 7.58. The van der Waals surface area contributed by atoms with Crippen molar-refractivity contribution >= 4 is 11.9 Å². The minimum absolute atomic E-state index is 0.0174. The molecule has 7 heteroatoms. The van der Waals surface area contributed by atoms with Gasteiger partial charge in [0.15, 0.2) is 11.5 Å². The van der Waals surface area contributed by atoms with E-state index in [4.69, 9.17) is 10.7 Å². The van der Waals surface area contributed by atoms with Gasteiger partial charge in [0.05, 0.1) is 24.3 Å². The molecule has 166 valence electrons. The number of carbonyl (C=O) groups is 1. The van der Waals surface area contributed by atoms with Crippen molar-refractivity contribution in [3.05, 3.63) is 34.9 Å². The molecule has 0 bridgehead atoms. The summed E-state index contributed by atoms with van der Waals surface area (Å²) < 4.78 is 14.6. The lowest BCUT2D eigenvalue weighted by molar-refractivity contribution is -0.142. The van der Waals surface area contributed by atoms with Crippen LogP contribution in [0.3, 0.4) is 0 Å². The van der Waals surface area contributed by atoms with Crippen LogP contribution in [-0.2, 0) is 16.8 Å². The molecule has 5 atom stereocenters. The van der Waals surface area contributed by atoms with Gasteiger partial charge >= 0.3 is 0 Å². The first-order valence-corrected chi connectivity index (χ1v) is 11.1. The Kier molecular flexibility index (Phi) is 4.93. The summed E-state index contributed by atoms with van der Waals surface area (Å²) in [5.41, 5.74) is 4.90. The van der Waals surface area contributed by atoms with E-state index in [1.165, 1.54) is 18.7 Å². The Morgan fingerprint density at radius 2 is 2.13 bits per heavy atom. The molecule has 1 heterocycles. The molecule has 0 radical (unpaired) electrons. The Morgan fingerprint density at radius 3 is 2.74 bits per heavy atom. The molecule has 3 N–H and O–H groups in total. The number of hydrogen-bond acceptors (Lipinski definition) is 5. The van der Waals surface area contributed by atoms with Gasteiger partial charge in [0.1, 0.15) is 5.67 Å². The van der Waals surface area contributed by atoms with Gasteiger partial charge in [0.2, 0.25) is 0 Å². The molecule has 1 aromatic rings. The van der Waals surface area contributed by atoms with E-state index in [1.54, 1.807) is 12.1 Å². The number of carbonyl (C=O) groups excluding carboxylic acids is 1. The van der Waals surface area contributed by atoms with Gasteiger partial charge in [-0.3, -0.25) is 9.69 Å². The molecule has 4 rings (SSSR count). The first kappa shape index (κ1) is 21.8. The minimum Gasteiger partial charge on any atom is -0.393 e. The first-order chi connectivity index (χ1) is 14.5. The van der Waals surface area contributed by atoms with Crippen LogP contribution in [-0.4, -0.2) is 40.2 Å². The standard InChI is InChI=1S/C24H31FN4O2/c1-5-16-10-23(9-14(2)19(16)30)11-17-7-6-15(12-26)8-18(17)24(23)20(31)29(21(27)28-24)13-22(3,4)25/h6-8,14,16,19,30H,5,9-11,13H2,1-4H3,(H2,27,28)/t14-,16+,19+,23+,24?/m0/s1. The number of halogens is 1. The Morgan fingerprint density at radius 1 is 1.42 bits per heavy atom. The molecule has 1 amide bonds. The lowest BCUT2D eigenvalue weighted by Gasteiger charge is -2.50. The molecule has 3 aliphatic rings. The molecule has 31 heavy (non-hydrogen) atoms. The van der Waals surface area contributed by atoms with Crippen LogP contribution >= 0.6 is 0 Å². The number of fused-ring (bicyclic) bond motifs is 3. The number of aliphatic hydroxyl groups excluding tert-OH is 1. The van der Waals surface area contributed by atoms with E-state index < -0.39 is 22.7 Å². The maximum absolute atomic E-state index is 14.6. The molecule has 6 nitrogen and oxygen atoms in total. The fourth-order valence-electron chi connectivity index (χ4n) is 6.28. The summed E-state index contributed by atoms with van der Waals surface area (Å²) in [4.78, 5) is 20.1. The van der Waals surface area contributed by atoms with Crippen LogP contribution in [0.2, 0.25) is 0 Å². The fourth-order valence-corrected chi connectivity index (χ4v) is 6.28. The van der Waals surface area contributed by atoms with Crippen LogP contribution in [0.1, 0.15) is 63.6 Å². The predicted octanol–water partition coefficient (Wildman–Crippen LogP) is 3.02. The van der Waals surface area contributed by atoms with Gasteiger partial charge in [-0.05, 0) is 68.2 Å². The van der Waals surface area contributed by atoms with Gasteiger partial charge < -0.3 is 10.8 Å². The third-order valence-electron chi connectivity index (χ3n) is 7.53. The molecule has 0 saturated heterocycles. The van der Waals surface area contributed by atoms with Crippen LogP contribution < -0.4 is 5.73 Å². The zero-order chi connectivity index (χ0) is 22.8. The van der Waals surface area contributed by atoms with Crippen LogP contribution in [0.25, 0.3) is 0 Å². The Balaban J connectivity index is 1.92. The summed E-state index contributed by atoms with van der Waals surface area (Å²) in [6.45, 7) is 6.71. The molecule has 1 aliphatic heterocycles. The highest BCUT2D eigenvalue weighted by atomic mass is 19.1. The zero-order valence-electron chi connectivity index (χ0n) is 18.7. The summed E-state index contributed by atoms with van der Waals surface area (Å²) in [5, 5.41) is 20.3. The Hall–Kier alpha value is -2.46. The second-order valence-corrected chi connectivity index (χ2v) is 10.3. The number of nitrogens with two attached hydrogens (primary N) is 1. The highest BCUT2D eigenvalue weighted by Gasteiger charge is 2.68. The molecule has 1 aromatic carbocycles. The number of aliphatic hydroxyl groups is 1. The Labute approximate surface area is 182 Å². The zero-order valence-corrected chi connectivity index (χ0v) is 18.7. The molecular formula is C24H31FN4O2. The van der Waals surface area contributed by atoms with Gasteiger partial charge in [-0.15, -0.1) is 0 Å². The lowest BCUT2D eigenvalue weighted by atomic mass is 9.56. The van der Waals surface area contributed by atoms with Crippen molar-refractivity contribution in [1.29, 1.82) is 5.26 Å². The SMILES string of the molecule is CC[C@@H]1C[C@@]2(Cc3ccc(C#N)cc3C23N=C(N)N(CC(C)(C)F)C3=O)C[C@H](C)[C@H]1O. The highest BCUT2D eigenvalue weighted by molar-refractivity contribution is 6.08. The number of alkyl halides is 1. The summed E-state index contributed by atoms with van der Waals surface area (Å²) >= 11 is 0.